The molecule has 0 aliphatic carbocycles. The van der Waals surface area contributed by atoms with Gasteiger partial charge in [0.15, 0.2) is 11.6 Å². The highest BCUT2D eigenvalue weighted by Gasteiger charge is 2.21. The van der Waals surface area contributed by atoms with Crippen LogP contribution in [0.3, 0.4) is 0 Å². The van der Waals surface area contributed by atoms with Crippen LogP contribution in [0.4, 0.5) is 8.78 Å². The van der Waals surface area contributed by atoms with Crippen LogP contribution in [0.1, 0.15) is 11.6 Å². The largest absolute Gasteiger partial charge is 0.468 e. The third-order valence-corrected chi connectivity index (χ3v) is 1.77. The quantitative estimate of drug-likeness (QED) is 0.795. The molecule has 0 amide bonds. The smallest absolute Gasteiger partial charge is 0.327 e. The summed E-state index contributed by atoms with van der Waals surface area (Å²) in [6.45, 7) is 0. The van der Waals surface area contributed by atoms with Crippen LogP contribution in [0.5, 0.6) is 0 Å². The Morgan fingerprint density at radius 1 is 1.47 bits per heavy atom. The van der Waals surface area contributed by atoms with E-state index in [1.165, 1.54) is 12.1 Å². The molecule has 0 saturated heterocycles. The van der Waals surface area contributed by atoms with Gasteiger partial charge in [-0.15, -0.1) is 12.4 Å². The number of halogens is 3. The lowest BCUT2D eigenvalue weighted by molar-refractivity contribution is -0.142. The number of benzene rings is 1. The van der Waals surface area contributed by atoms with E-state index >= 15 is 0 Å². The topological polar surface area (TPSA) is 52.3 Å². The molecular weight excluding hydrogens is 228 g/mol. The molecule has 1 atom stereocenters. The molecule has 6 heteroatoms. The number of nitrogens with two attached hydrogens (primary N) is 1. The molecule has 2 N–H and O–H groups in total. The molecule has 1 aromatic carbocycles. The summed E-state index contributed by atoms with van der Waals surface area (Å²) in [6.07, 6.45) is 0. The molecule has 0 heterocycles. The second kappa shape index (κ2) is 5.63. The molecule has 0 aliphatic rings. The molecule has 0 aliphatic heterocycles. The molecule has 0 saturated carbocycles. The molecule has 1 aromatic rings. The molecule has 0 aromatic heterocycles. The number of methoxy groups -OCH3 is 1. The minimum atomic E-state index is -1.30. The molecule has 0 fully saturated rings. The van der Waals surface area contributed by atoms with Gasteiger partial charge in [-0.3, -0.25) is 4.79 Å². The number of ether oxygens (including phenoxy) is 1. The lowest BCUT2D eigenvalue weighted by atomic mass is 10.1. The van der Waals surface area contributed by atoms with Gasteiger partial charge < -0.3 is 10.5 Å². The lowest BCUT2D eigenvalue weighted by Gasteiger charge is -2.10. The van der Waals surface area contributed by atoms with Gasteiger partial charge in [-0.1, -0.05) is 12.1 Å². The zero-order valence-electron chi connectivity index (χ0n) is 7.87. The highest BCUT2D eigenvalue weighted by molar-refractivity contribution is 5.85. The Morgan fingerprint density at radius 3 is 2.60 bits per heavy atom. The third-order valence-electron chi connectivity index (χ3n) is 1.77. The first-order valence-electron chi connectivity index (χ1n) is 3.85. The highest BCUT2D eigenvalue weighted by atomic mass is 35.5. The van der Waals surface area contributed by atoms with Crippen molar-refractivity contribution in [3.63, 3.8) is 0 Å². The Morgan fingerprint density at radius 2 is 2.07 bits per heavy atom. The summed E-state index contributed by atoms with van der Waals surface area (Å²) in [4.78, 5) is 10.9. The van der Waals surface area contributed by atoms with Gasteiger partial charge in [0.05, 0.1) is 7.11 Å². The van der Waals surface area contributed by atoms with Gasteiger partial charge in [-0.2, -0.15) is 0 Å². The second-order valence-corrected chi connectivity index (χ2v) is 2.64. The van der Waals surface area contributed by atoms with Crippen LogP contribution in [0.2, 0.25) is 0 Å². The van der Waals surface area contributed by atoms with E-state index in [1.54, 1.807) is 0 Å². The van der Waals surface area contributed by atoms with E-state index in [0.29, 0.717) is 0 Å². The molecule has 1 unspecified atom stereocenters. The number of hydrogen-bond acceptors (Lipinski definition) is 3. The summed E-state index contributed by atoms with van der Waals surface area (Å²) in [5.41, 5.74) is 5.13. The van der Waals surface area contributed by atoms with E-state index in [0.717, 1.165) is 13.2 Å². The Hall–Kier alpha value is -1.20. The lowest BCUT2D eigenvalue weighted by Crippen LogP contribution is -2.24. The predicted octanol–water partition coefficient (Wildman–Crippen LogP) is 1.56. The van der Waals surface area contributed by atoms with Crippen molar-refractivity contribution in [3.8, 4) is 0 Å². The molecule has 0 bridgehead atoms. The van der Waals surface area contributed by atoms with Crippen molar-refractivity contribution in [2.24, 2.45) is 5.73 Å². The van der Waals surface area contributed by atoms with E-state index in [9.17, 15) is 13.6 Å². The monoisotopic (exact) mass is 237 g/mol. The summed E-state index contributed by atoms with van der Waals surface area (Å²) < 4.78 is 30.1. The minimum Gasteiger partial charge on any atom is -0.468 e. The standard InChI is InChI=1S/C9H9F2NO2.ClH/c1-14-9(13)8(12)5-3-2-4-6(10)7(5)11;/h2-4,8H,12H2,1H3;1H. The van der Waals surface area contributed by atoms with Crippen LogP contribution >= 0.6 is 12.4 Å². The van der Waals surface area contributed by atoms with Crippen LogP contribution in [-0.4, -0.2) is 13.1 Å². The summed E-state index contributed by atoms with van der Waals surface area (Å²) in [5, 5.41) is 0. The summed E-state index contributed by atoms with van der Waals surface area (Å²) in [5.74, 6) is -2.97. The van der Waals surface area contributed by atoms with E-state index in [4.69, 9.17) is 5.73 Å². The number of hydrogen-bond donors (Lipinski definition) is 1. The summed E-state index contributed by atoms with van der Waals surface area (Å²) in [6, 6.07) is 2.16. The zero-order valence-corrected chi connectivity index (χ0v) is 8.68. The van der Waals surface area contributed by atoms with E-state index < -0.39 is 23.6 Å². The SMILES string of the molecule is COC(=O)C(N)c1cccc(F)c1F.Cl. The van der Waals surface area contributed by atoms with E-state index in [2.05, 4.69) is 4.74 Å². The molecule has 1 rings (SSSR count). The van der Waals surface area contributed by atoms with Crippen molar-refractivity contribution in [2.45, 2.75) is 6.04 Å². The zero-order chi connectivity index (χ0) is 10.7. The third kappa shape index (κ3) is 2.87. The Balaban J connectivity index is 0.00000196. The maximum Gasteiger partial charge on any atom is 0.327 e. The van der Waals surface area contributed by atoms with Crippen molar-refractivity contribution in [2.75, 3.05) is 7.11 Å². The van der Waals surface area contributed by atoms with Crippen molar-refractivity contribution < 1.29 is 18.3 Å². The summed E-state index contributed by atoms with van der Waals surface area (Å²) in [7, 11) is 1.12. The normalized spacial score (nSPS) is 11.5. The Labute approximate surface area is 91.6 Å². The molecule has 3 nitrogen and oxygen atoms in total. The van der Waals surface area contributed by atoms with Crippen LogP contribution < -0.4 is 5.73 Å². The number of carbonyl (C=O) groups excluding carboxylic acids is 1. The fourth-order valence-electron chi connectivity index (χ4n) is 1.01. The van der Waals surface area contributed by atoms with Crippen molar-refractivity contribution >= 4 is 18.4 Å². The van der Waals surface area contributed by atoms with Crippen molar-refractivity contribution in [1.29, 1.82) is 0 Å². The van der Waals surface area contributed by atoms with Gasteiger partial charge >= 0.3 is 5.97 Å². The van der Waals surface area contributed by atoms with Gasteiger partial charge in [0.25, 0.3) is 0 Å². The van der Waals surface area contributed by atoms with E-state index in [1.807, 2.05) is 0 Å². The maximum atomic E-state index is 13.1. The highest BCUT2D eigenvalue weighted by Crippen LogP contribution is 2.18. The molecule has 15 heavy (non-hydrogen) atoms. The van der Waals surface area contributed by atoms with E-state index in [-0.39, 0.29) is 18.0 Å². The van der Waals surface area contributed by atoms with Gasteiger partial charge in [-0.25, -0.2) is 8.78 Å². The number of carbonyl (C=O) groups is 1. The van der Waals surface area contributed by atoms with Crippen molar-refractivity contribution in [3.05, 3.63) is 35.4 Å². The first-order valence-corrected chi connectivity index (χ1v) is 3.85. The van der Waals surface area contributed by atoms with Gasteiger partial charge in [-0.05, 0) is 6.07 Å². The van der Waals surface area contributed by atoms with Gasteiger partial charge in [0, 0.05) is 5.56 Å². The number of rotatable bonds is 2. The molecular formula is C9H10ClF2NO2. The average Bonchev–Trinajstić information content (AvgIpc) is 2.20. The summed E-state index contributed by atoms with van der Waals surface area (Å²) >= 11 is 0. The predicted molar refractivity (Wildman–Crippen MR) is 52.6 cm³/mol. The second-order valence-electron chi connectivity index (χ2n) is 2.64. The van der Waals surface area contributed by atoms with Crippen LogP contribution in [0.25, 0.3) is 0 Å². The Bertz CT molecular complexity index is 360. The van der Waals surface area contributed by atoms with Crippen LogP contribution in [-0.2, 0) is 9.53 Å². The first-order chi connectivity index (χ1) is 6.57. The van der Waals surface area contributed by atoms with Gasteiger partial charge in [0.1, 0.15) is 6.04 Å². The van der Waals surface area contributed by atoms with Crippen molar-refractivity contribution in [1.82, 2.24) is 0 Å². The van der Waals surface area contributed by atoms with Crippen LogP contribution in [0, 0.1) is 11.6 Å². The fraction of sp³-hybridized carbons (Fsp3) is 0.222. The maximum absolute atomic E-state index is 13.1. The Kier molecular flexibility index (Phi) is 5.18. The number of esters is 1. The molecule has 0 spiro atoms. The molecule has 84 valence electrons. The average molecular weight is 238 g/mol. The minimum absolute atomic E-state index is 0. The molecule has 0 radical (unpaired) electrons. The first kappa shape index (κ1) is 13.8. The fourth-order valence-corrected chi connectivity index (χ4v) is 1.01. The van der Waals surface area contributed by atoms with Crippen LogP contribution in [0.15, 0.2) is 18.2 Å². The van der Waals surface area contributed by atoms with Gasteiger partial charge in [0.2, 0.25) is 0 Å².